The van der Waals surface area contributed by atoms with Gasteiger partial charge in [-0.3, -0.25) is 19.3 Å². The van der Waals surface area contributed by atoms with Gasteiger partial charge in [-0.25, -0.2) is 8.78 Å². The smallest absolute Gasteiger partial charge is 0.352 e. The van der Waals surface area contributed by atoms with Crippen molar-refractivity contribution in [2.75, 3.05) is 25.1 Å². The number of nitrogens with one attached hydrogen (secondary N) is 1. The molecule has 7 nitrogen and oxygen atoms in total. The van der Waals surface area contributed by atoms with Crippen molar-refractivity contribution in [2.45, 2.75) is 19.1 Å². The van der Waals surface area contributed by atoms with E-state index < -0.39 is 41.2 Å². The monoisotopic (exact) mass is 454 g/mol. The van der Waals surface area contributed by atoms with Gasteiger partial charge in [0.1, 0.15) is 18.2 Å². The van der Waals surface area contributed by atoms with Crippen LogP contribution in [0.5, 0.6) is 0 Å². The molecule has 0 aliphatic carbocycles. The molecule has 0 radical (unpaired) electrons. The number of amides is 2. The molecule has 1 aliphatic heterocycles. The molecular formula is C21H18F4N2O5. The maximum absolute atomic E-state index is 15.0. The lowest BCUT2D eigenvalue weighted by Crippen LogP contribution is -2.54. The summed E-state index contributed by atoms with van der Waals surface area (Å²) in [5.74, 6) is -8.94. The molecule has 1 N–H and O–H groups in total. The highest BCUT2D eigenvalue weighted by Gasteiger charge is 2.49. The number of hydrogen-bond acceptors (Lipinski definition) is 5. The lowest BCUT2D eigenvalue weighted by Gasteiger charge is -2.35. The molecule has 1 fully saturated rings. The molecule has 0 bridgehead atoms. The van der Waals surface area contributed by atoms with Crippen LogP contribution in [0.3, 0.4) is 0 Å². The van der Waals surface area contributed by atoms with Gasteiger partial charge in [0.2, 0.25) is 6.23 Å². The topological polar surface area (TPSA) is 84.9 Å². The molecule has 1 heterocycles. The molecule has 1 saturated heterocycles. The summed E-state index contributed by atoms with van der Waals surface area (Å²) in [6.07, 6.45) is -1.39. The Morgan fingerprint density at radius 2 is 1.91 bits per heavy atom. The first-order valence-corrected chi connectivity index (χ1v) is 9.38. The first-order valence-electron chi connectivity index (χ1n) is 9.38. The fourth-order valence-electron chi connectivity index (χ4n) is 3.12. The molecule has 170 valence electrons. The first-order chi connectivity index (χ1) is 15.1. The molecule has 0 saturated carbocycles. The van der Waals surface area contributed by atoms with Crippen LogP contribution in [0.4, 0.5) is 23.2 Å². The van der Waals surface area contributed by atoms with Gasteiger partial charge in [0.25, 0.3) is 12.4 Å². The Morgan fingerprint density at radius 1 is 1.19 bits per heavy atom. The average molecular weight is 454 g/mol. The second kappa shape index (κ2) is 9.35. The zero-order chi connectivity index (χ0) is 23.5. The highest BCUT2D eigenvalue weighted by atomic mass is 19.3. The van der Waals surface area contributed by atoms with Crippen LogP contribution in [0, 0.1) is 18.6 Å². The van der Waals surface area contributed by atoms with E-state index in [1.54, 1.807) is 0 Å². The van der Waals surface area contributed by atoms with E-state index in [1.165, 1.54) is 19.1 Å². The Morgan fingerprint density at radius 3 is 2.59 bits per heavy atom. The highest BCUT2D eigenvalue weighted by Crippen LogP contribution is 2.34. The van der Waals surface area contributed by atoms with Crippen LogP contribution < -0.4 is 5.32 Å². The van der Waals surface area contributed by atoms with Crippen molar-refractivity contribution in [3.05, 3.63) is 64.7 Å². The molecule has 2 aromatic rings. The van der Waals surface area contributed by atoms with Crippen LogP contribution in [-0.4, -0.2) is 49.2 Å². The minimum Gasteiger partial charge on any atom is -0.441 e. The Hall–Kier alpha value is -3.47. The molecule has 2 aromatic carbocycles. The maximum atomic E-state index is 15.0. The first kappa shape index (κ1) is 23.2. The number of alkyl halides is 2. The van der Waals surface area contributed by atoms with Crippen molar-refractivity contribution in [3.8, 4) is 0 Å². The van der Waals surface area contributed by atoms with Crippen molar-refractivity contribution in [3.63, 3.8) is 0 Å². The summed E-state index contributed by atoms with van der Waals surface area (Å²) >= 11 is 0. The maximum Gasteiger partial charge on any atom is 0.352 e. The number of carbonyl (C=O) groups excluding carboxylic acids is 3. The second-order valence-electron chi connectivity index (χ2n) is 6.95. The van der Waals surface area contributed by atoms with E-state index in [0.29, 0.717) is 17.0 Å². The lowest BCUT2D eigenvalue weighted by atomic mass is 10.0. The number of rotatable bonds is 6. The van der Waals surface area contributed by atoms with Crippen LogP contribution in [0.25, 0.3) is 0 Å². The molecule has 1 atom stereocenters. The number of carbonyl (C=O) groups is 3. The van der Waals surface area contributed by atoms with Gasteiger partial charge >= 0.3 is 11.8 Å². The Bertz CT molecular complexity index is 1050. The number of benzene rings is 2. The quantitative estimate of drug-likeness (QED) is 0.536. The zero-order valence-electron chi connectivity index (χ0n) is 16.7. The number of ether oxygens (including phenoxy) is 2. The number of anilines is 1. The van der Waals surface area contributed by atoms with E-state index in [2.05, 4.69) is 10.1 Å². The molecule has 0 aromatic heterocycles. The molecule has 3 rings (SSSR count). The number of aryl methyl sites for hydroxylation is 1. The van der Waals surface area contributed by atoms with Gasteiger partial charge in [-0.1, -0.05) is 0 Å². The molecule has 2 amide bonds. The predicted octanol–water partition coefficient (Wildman–Crippen LogP) is 2.98. The van der Waals surface area contributed by atoms with Gasteiger partial charge in [0, 0.05) is 17.8 Å². The number of morpholine rings is 1. The predicted molar refractivity (Wildman–Crippen MR) is 103 cm³/mol. The van der Waals surface area contributed by atoms with Gasteiger partial charge in [0.05, 0.1) is 12.2 Å². The normalized spacial score (nSPS) is 16.4. The summed E-state index contributed by atoms with van der Waals surface area (Å²) < 4.78 is 67.3. The largest absolute Gasteiger partial charge is 0.441 e. The van der Waals surface area contributed by atoms with Crippen LogP contribution in [-0.2, 0) is 25.0 Å². The summed E-state index contributed by atoms with van der Waals surface area (Å²) in [7, 11) is 0. The molecular weight excluding hydrogens is 436 g/mol. The van der Waals surface area contributed by atoms with Crippen LogP contribution in [0.15, 0.2) is 36.4 Å². The van der Waals surface area contributed by atoms with E-state index >= 15 is 0 Å². The Balaban J connectivity index is 1.87. The van der Waals surface area contributed by atoms with Crippen LogP contribution in [0.1, 0.15) is 21.5 Å². The molecule has 1 aliphatic rings. The minimum atomic E-state index is -4.37. The van der Waals surface area contributed by atoms with E-state index in [4.69, 9.17) is 4.74 Å². The van der Waals surface area contributed by atoms with Crippen LogP contribution in [0.2, 0.25) is 0 Å². The van der Waals surface area contributed by atoms with Gasteiger partial charge in [-0.15, -0.1) is 0 Å². The van der Waals surface area contributed by atoms with Crippen LogP contribution >= 0.6 is 0 Å². The standard InChI is InChI=1S/C21H18F4N2O5/c1-12-8-14(3-5-16(12)22)26-19(29)13-2-4-17(23)15(9-13)21(24,25)20(30)27-6-7-31-10-18(27)32-11-28/h2-5,8-9,11,18H,6-7,10H2,1H3,(H,26,29)/t18-/m1/s1. The van der Waals surface area contributed by atoms with Gasteiger partial charge in [-0.05, 0) is 48.9 Å². The van der Waals surface area contributed by atoms with E-state index in [0.717, 1.165) is 12.1 Å². The highest BCUT2D eigenvalue weighted by molar-refractivity contribution is 6.04. The summed E-state index contributed by atoms with van der Waals surface area (Å²) in [5, 5.41) is 2.40. The molecule has 32 heavy (non-hydrogen) atoms. The van der Waals surface area contributed by atoms with Crippen molar-refractivity contribution in [1.82, 2.24) is 4.90 Å². The summed E-state index contributed by atoms with van der Waals surface area (Å²) in [6.45, 7) is 0.755. The van der Waals surface area contributed by atoms with Gasteiger partial charge in [0.15, 0.2) is 0 Å². The average Bonchev–Trinajstić information content (AvgIpc) is 2.76. The third-order valence-corrected chi connectivity index (χ3v) is 4.81. The third-order valence-electron chi connectivity index (χ3n) is 4.81. The van der Waals surface area contributed by atoms with Gasteiger partial charge in [-0.2, -0.15) is 8.78 Å². The van der Waals surface area contributed by atoms with E-state index in [9.17, 15) is 31.9 Å². The summed E-state index contributed by atoms with van der Waals surface area (Å²) in [6, 6.07) is 5.90. The third kappa shape index (κ3) is 4.72. The fraction of sp³-hybridized carbons (Fsp3) is 0.286. The van der Waals surface area contributed by atoms with E-state index in [-0.39, 0.29) is 43.0 Å². The van der Waals surface area contributed by atoms with E-state index in [1.807, 2.05) is 0 Å². The summed E-state index contributed by atoms with van der Waals surface area (Å²) in [5.41, 5.74) is -1.22. The van der Waals surface area contributed by atoms with Crippen molar-refractivity contribution < 1.29 is 41.4 Å². The fourth-order valence-corrected chi connectivity index (χ4v) is 3.12. The molecule has 0 unspecified atom stereocenters. The van der Waals surface area contributed by atoms with Crippen molar-refractivity contribution in [1.29, 1.82) is 0 Å². The molecule has 11 heteroatoms. The Kier molecular flexibility index (Phi) is 6.78. The minimum absolute atomic E-state index is 0.0134. The number of halogens is 4. The zero-order valence-corrected chi connectivity index (χ0v) is 16.7. The number of hydrogen-bond donors (Lipinski definition) is 1. The van der Waals surface area contributed by atoms with Crippen molar-refractivity contribution >= 4 is 24.0 Å². The second-order valence-corrected chi connectivity index (χ2v) is 6.95. The SMILES string of the molecule is Cc1cc(NC(=O)c2ccc(F)c(C(F)(F)C(=O)N3CCOC[C@H]3OC=O)c2)ccc1F. The Labute approximate surface area is 179 Å². The lowest BCUT2D eigenvalue weighted by molar-refractivity contribution is -0.189. The van der Waals surface area contributed by atoms with Gasteiger partial charge < -0.3 is 14.8 Å². The summed E-state index contributed by atoms with van der Waals surface area (Å²) in [4.78, 5) is 36.2. The molecule has 0 spiro atoms. The number of nitrogens with zero attached hydrogens (tertiary/aromatic N) is 1. The van der Waals surface area contributed by atoms with Crippen molar-refractivity contribution in [2.24, 2.45) is 0 Å².